The van der Waals surface area contributed by atoms with Gasteiger partial charge in [0.2, 0.25) is 0 Å². The van der Waals surface area contributed by atoms with Gasteiger partial charge in [0.05, 0.1) is 13.2 Å². The van der Waals surface area contributed by atoms with Crippen LogP contribution in [0.5, 0.6) is 0 Å². The van der Waals surface area contributed by atoms with E-state index >= 15 is 0 Å². The second-order valence-corrected chi connectivity index (χ2v) is 5.95. The van der Waals surface area contributed by atoms with Crippen LogP contribution in [0.3, 0.4) is 0 Å². The Bertz CT molecular complexity index is 343. The number of carbonyl (C=O) groups excluding carboxylic acids is 1. The average molecular weight is 301 g/mol. The van der Waals surface area contributed by atoms with E-state index < -0.39 is 18.0 Å². The summed E-state index contributed by atoms with van der Waals surface area (Å²) in [6.07, 6.45) is 0.417. The molecule has 7 heteroatoms. The Kier molecular flexibility index (Phi) is 7.45. The third-order valence-corrected chi connectivity index (χ3v) is 3.32. The Labute approximate surface area is 126 Å². The number of carboxylic acid groups (broad SMARTS) is 1. The molecule has 1 aliphatic rings. The van der Waals surface area contributed by atoms with Gasteiger partial charge in [-0.3, -0.25) is 4.90 Å². The number of hydrogen-bond acceptors (Lipinski definition) is 4. The molecule has 0 saturated carbocycles. The van der Waals surface area contributed by atoms with Gasteiger partial charge >= 0.3 is 12.0 Å². The van der Waals surface area contributed by atoms with Crippen LogP contribution in [0.15, 0.2) is 0 Å². The number of carboxylic acids is 1. The molecule has 0 bridgehead atoms. The molecule has 1 saturated heterocycles. The lowest BCUT2D eigenvalue weighted by atomic mass is 10.0. The van der Waals surface area contributed by atoms with Crippen LogP contribution in [-0.2, 0) is 9.53 Å². The Morgan fingerprint density at radius 1 is 1.19 bits per heavy atom. The second-order valence-electron chi connectivity index (χ2n) is 5.95. The zero-order valence-electron chi connectivity index (χ0n) is 13.1. The summed E-state index contributed by atoms with van der Waals surface area (Å²) in [6.45, 7) is 9.65. The van der Waals surface area contributed by atoms with Crippen LogP contribution in [-0.4, -0.2) is 66.9 Å². The predicted molar refractivity (Wildman–Crippen MR) is 79.3 cm³/mol. The van der Waals surface area contributed by atoms with Gasteiger partial charge in [-0.15, -0.1) is 0 Å². The van der Waals surface area contributed by atoms with Crippen LogP contribution in [0.1, 0.15) is 27.2 Å². The third-order valence-electron chi connectivity index (χ3n) is 3.32. The molecule has 2 amide bonds. The van der Waals surface area contributed by atoms with Crippen molar-refractivity contribution in [2.45, 2.75) is 39.3 Å². The number of nitrogens with zero attached hydrogens (tertiary/aromatic N) is 1. The maximum Gasteiger partial charge on any atom is 0.326 e. The molecule has 0 spiro atoms. The van der Waals surface area contributed by atoms with Crippen molar-refractivity contribution < 1.29 is 19.4 Å². The molecule has 7 nitrogen and oxygen atoms in total. The molecule has 0 aromatic heterocycles. The molecule has 1 fully saturated rings. The quantitative estimate of drug-likeness (QED) is 0.637. The molecule has 1 heterocycles. The fraction of sp³-hybridized carbons (Fsp3) is 0.857. The number of hydrogen-bond donors (Lipinski definition) is 3. The maximum absolute atomic E-state index is 11.9. The highest BCUT2D eigenvalue weighted by molar-refractivity contribution is 5.82. The van der Waals surface area contributed by atoms with Crippen LogP contribution in [0.4, 0.5) is 4.79 Å². The van der Waals surface area contributed by atoms with Crippen molar-refractivity contribution in [2.24, 2.45) is 5.92 Å². The smallest absolute Gasteiger partial charge is 0.326 e. The lowest BCUT2D eigenvalue weighted by Crippen LogP contribution is -2.52. The molecule has 0 aliphatic carbocycles. The van der Waals surface area contributed by atoms with Crippen LogP contribution >= 0.6 is 0 Å². The molecule has 2 atom stereocenters. The molecule has 122 valence electrons. The maximum atomic E-state index is 11.9. The highest BCUT2D eigenvalue weighted by atomic mass is 16.5. The summed E-state index contributed by atoms with van der Waals surface area (Å²) < 4.78 is 5.27. The number of carbonyl (C=O) groups is 2. The number of morpholine rings is 1. The highest BCUT2D eigenvalue weighted by Gasteiger charge is 2.22. The van der Waals surface area contributed by atoms with E-state index in [0.29, 0.717) is 19.6 Å². The molecule has 1 unspecified atom stereocenters. The van der Waals surface area contributed by atoms with Crippen molar-refractivity contribution >= 4 is 12.0 Å². The van der Waals surface area contributed by atoms with E-state index in [1.807, 2.05) is 20.8 Å². The number of aliphatic carboxylic acids is 1. The average Bonchev–Trinajstić information content (AvgIpc) is 2.38. The van der Waals surface area contributed by atoms with Crippen LogP contribution in [0.2, 0.25) is 0 Å². The first kappa shape index (κ1) is 17.7. The van der Waals surface area contributed by atoms with E-state index in [-0.39, 0.29) is 12.0 Å². The fourth-order valence-electron chi connectivity index (χ4n) is 2.33. The molecule has 3 N–H and O–H groups in total. The molecule has 0 radical (unpaired) electrons. The van der Waals surface area contributed by atoms with E-state index in [1.54, 1.807) is 0 Å². The Balaban J connectivity index is 2.34. The lowest BCUT2D eigenvalue weighted by Gasteiger charge is -2.29. The second kappa shape index (κ2) is 8.84. The summed E-state index contributed by atoms with van der Waals surface area (Å²) in [6, 6.07) is -1.32. The Morgan fingerprint density at radius 2 is 1.81 bits per heavy atom. The topological polar surface area (TPSA) is 90.9 Å². The van der Waals surface area contributed by atoms with Crippen molar-refractivity contribution in [3.05, 3.63) is 0 Å². The number of urea groups is 1. The minimum atomic E-state index is -1.00. The van der Waals surface area contributed by atoms with Crippen molar-refractivity contribution in [2.75, 3.05) is 32.8 Å². The van der Waals surface area contributed by atoms with Gasteiger partial charge in [0.1, 0.15) is 6.04 Å². The number of nitrogens with one attached hydrogen (secondary N) is 2. The van der Waals surface area contributed by atoms with E-state index in [0.717, 1.165) is 19.6 Å². The first-order chi connectivity index (χ1) is 9.88. The minimum Gasteiger partial charge on any atom is -0.480 e. The molecular formula is C14H27N3O4. The summed E-state index contributed by atoms with van der Waals surface area (Å²) >= 11 is 0. The number of ether oxygens (including phenoxy) is 1. The molecule has 0 aromatic rings. The summed E-state index contributed by atoms with van der Waals surface area (Å²) in [5.41, 5.74) is 0. The van der Waals surface area contributed by atoms with Crippen LogP contribution in [0.25, 0.3) is 0 Å². The SMILES string of the molecule is CC(C)C[C@H](NC(=O)NC(C)CN1CCOCC1)C(=O)O. The van der Waals surface area contributed by atoms with Crippen molar-refractivity contribution in [1.29, 1.82) is 0 Å². The van der Waals surface area contributed by atoms with Gasteiger partial charge in [0.25, 0.3) is 0 Å². The van der Waals surface area contributed by atoms with Gasteiger partial charge in [-0.05, 0) is 19.3 Å². The van der Waals surface area contributed by atoms with Gasteiger partial charge in [-0.1, -0.05) is 13.8 Å². The van der Waals surface area contributed by atoms with E-state index in [1.165, 1.54) is 0 Å². The van der Waals surface area contributed by atoms with Crippen molar-refractivity contribution in [1.82, 2.24) is 15.5 Å². The number of amides is 2. The normalized spacial score (nSPS) is 19.0. The lowest BCUT2D eigenvalue weighted by molar-refractivity contribution is -0.139. The first-order valence-electron chi connectivity index (χ1n) is 7.48. The van der Waals surface area contributed by atoms with Gasteiger partial charge in [0.15, 0.2) is 0 Å². The van der Waals surface area contributed by atoms with E-state index in [9.17, 15) is 9.59 Å². The molecule has 21 heavy (non-hydrogen) atoms. The van der Waals surface area contributed by atoms with Gasteiger partial charge in [-0.25, -0.2) is 9.59 Å². The zero-order valence-corrected chi connectivity index (χ0v) is 13.1. The largest absolute Gasteiger partial charge is 0.480 e. The monoisotopic (exact) mass is 301 g/mol. The van der Waals surface area contributed by atoms with Crippen LogP contribution in [0, 0.1) is 5.92 Å². The summed E-state index contributed by atoms with van der Waals surface area (Å²) in [4.78, 5) is 25.2. The third kappa shape index (κ3) is 7.29. The summed E-state index contributed by atoms with van der Waals surface area (Å²) in [7, 11) is 0. The highest BCUT2D eigenvalue weighted by Crippen LogP contribution is 2.05. The van der Waals surface area contributed by atoms with E-state index in [4.69, 9.17) is 9.84 Å². The zero-order chi connectivity index (χ0) is 15.8. The Hall–Kier alpha value is -1.34. The van der Waals surface area contributed by atoms with Gasteiger partial charge in [0, 0.05) is 25.7 Å². The summed E-state index contributed by atoms with van der Waals surface area (Å²) in [5.74, 6) is -0.795. The molecular weight excluding hydrogens is 274 g/mol. The predicted octanol–water partition coefficient (Wildman–Crippen LogP) is 0.506. The minimum absolute atomic E-state index is 0.0448. The first-order valence-corrected chi connectivity index (χ1v) is 7.48. The molecule has 1 rings (SSSR count). The van der Waals surface area contributed by atoms with Crippen molar-refractivity contribution in [3.8, 4) is 0 Å². The molecule has 1 aliphatic heterocycles. The van der Waals surface area contributed by atoms with Gasteiger partial charge in [-0.2, -0.15) is 0 Å². The fourth-order valence-corrected chi connectivity index (χ4v) is 2.33. The van der Waals surface area contributed by atoms with Crippen LogP contribution < -0.4 is 10.6 Å². The Morgan fingerprint density at radius 3 is 2.33 bits per heavy atom. The van der Waals surface area contributed by atoms with Crippen molar-refractivity contribution in [3.63, 3.8) is 0 Å². The van der Waals surface area contributed by atoms with Gasteiger partial charge < -0.3 is 20.5 Å². The van der Waals surface area contributed by atoms with E-state index in [2.05, 4.69) is 15.5 Å². The molecule has 0 aromatic carbocycles. The standard InChI is InChI=1S/C14H27N3O4/c1-10(2)8-12(13(18)19)16-14(20)15-11(3)9-17-4-6-21-7-5-17/h10-12H,4-9H2,1-3H3,(H,18,19)(H2,15,16,20)/t11?,12-/m0/s1. The summed E-state index contributed by atoms with van der Waals surface area (Å²) in [5, 5.41) is 14.4. The number of rotatable bonds is 7.